The second-order valence-electron chi connectivity index (χ2n) is 8.07. The average Bonchev–Trinajstić information content (AvgIpc) is 2.76. The lowest BCUT2D eigenvalue weighted by Crippen LogP contribution is -2.46. The maximum atomic E-state index is 12.9. The Morgan fingerprint density at radius 1 is 1.00 bits per heavy atom. The number of nitrogens with one attached hydrogen (secondary N) is 2. The zero-order valence-corrected chi connectivity index (χ0v) is 17.0. The summed E-state index contributed by atoms with van der Waals surface area (Å²) in [5, 5.41) is 5.80. The van der Waals surface area contributed by atoms with E-state index >= 15 is 0 Å². The van der Waals surface area contributed by atoms with Crippen LogP contribution in [0.2, 0.25) is 0 Å². The van der Waals surface area contributed by atoms with Gasteiger partial charge in [-0.1, -0.05) is 37.5 Å². The van der Waals surface area contributed by atoms with E-state index in [1.54, 1.807) is 0 Å². The van der Waals surface area contributed by atoms with Crippen molar-refractivity contribution >= 4 is 28.8 Å². The van der Waals surface area contributed by atoms with Gasteiger partial charge in [0, 0.05) is 17.1 Å². The Kier molecular flexibility index (Phi) is 6.26. The van der Waals surface area contributed by atoms with Gasteiger partial charge in [0.2, 0.25) is 0 Å². The van der Waals surface area contributed by atoms with Crippen LogP contribution in [0.25, 0.3) is 10.9 Å². The number of imide groups is 1. The number of nitrogens with zero attached hydrogens (tertiary/aromatic N) is 1. The van der Waals surface area contributed by atoms with E-state index < -0.39 is 24.5 Å². The van der Waals surface area contributed by atoms with Gasteiger partial charge < -0.3 is 10.1 Å². The van der Waals surface area contributed by atoms with Crippen LogP contribution in [0, 0.1) is 0 Å². The molecule has 0 aliphatic heterocycles. The SMILES string of the molecule is O=C(COC(=O)c1c2c(nc3ccccc13)CCCC2)NC(=O)NC1CCCCC1. The zero-order valence-electron chi connectivity index (χ0n) is 17.0. The summed E-state index contributed by atoms with van der Waals surface area (Å²) in [6.07, 6.45) is 8.85. The van der Waals surface area contributed by atoms with Gasteiger partial charge in [-0.3, -0.25) is 15.1 Å². The topological polar surface area (TPSA) is 97.4 Å². The number of carbonyl (C=O) groups is 3. The molecule has 2 aromatic rings. The third-order valence-corrected chi connectivity index (χ3v) is 5.90. The Morgan fingerprint density at radius 2 is 1.77 bits per heavy atom. The predicted molar refractivity (Wildman–Crippen MR) is 112 cm³/mol. The van der Waals surface area contributed by atoms with Gasteiger partial charge in [-0.05, 0) is 50.2 Å². The molecule has 3 amide bonds. The average molecular weight is 409 g/mol. The number of esters is 1. The molecular formula is C23H27N3O4. The van der Waals surface area contributed by atoms with Crippen molar-refractivity contribution in [3.8, 4) is 0 Å². The summed E-state index contributed by atoms with van der Waals surface area (Å²) in [5.74, 6) is -1.18. The van der Waals surface area contributed by atoms with Crippen LogP contribution in [-0.2, 0) is 22.4 Å². The van der Waals surface area contributed by atoms with Crippen LogP contribution in [0.1, 0.15) is 66.6 Å². The Labute approximate surface area is 175 Å². The normalized spacial score (nSPS) is 16.5. The lowest BCUT2D eigenvalue weighted by Gasteiger charge is -2.22. The third kappa shape index (κ3) is 4.61. The molecule has 1 saturated carbocycles. The minimum absolute atomic E-state index is 0.101. The molecule has 1 aromatic heterocycles. The molecule has 0 unspecified atom stereocenters. The number of urea groups is 1. The lowest BCUT2D eigenvalue weighted by molar-refractivity contribution is -0.123. The third-order valence-electron chi connectivity index (χ3n) is 5.90. The van der Waals surface area contributed by atoms with Gasteiger partial charge in [-0.2, -0.15) is 0 Å². The molecule has 4 rings (SSSR count). The number of ether oxygens (including phenoxy) is 1. The number of aromatic nitrogens is 1. The fourth-order valence-electron chi connectivity index (χ4n) is 4.44. The highest BCUT2D eigenvalue weighted by Crippen LogP contribution is 2.29. The summed E-state index contributed by atoms with van der Waals surface area (Å²) in [7, 11) is 0. The molecule has 0 atom stereocenters. The minimum Gasteiger partial charge on any atom is -0.452 e. The van der Waals surface area contributed by atoms with Gasteiger partial charge in [0.25, 0.3) is 5.91 Å². The van der Waals surface area contributed by atoms with Crippen LogP contribution in [0.15, 0.2) is 24.3 Å². The molecule has 0 bridgehead atoms. The molecule has 1 heterocycles. The van der Waals surface area contributed by atoms with Crippen molar-refractivity contribution in [2.24, 2.45) is 0 Å². The summed E-state index contributed by atoms with van der Waals surface area (Å²) in [5.41, 5.74) is 3.10. The standard InChI is InChI=1S/C23H27N3O4/c27-20(26-23(29)24-15-8-2-1-3-9-15)14-30-22(28)21-16-10-4-6-12-18(16)25-19-13-7-5-11-17(19)21/h4,6,10,12,15H,1-3,5,7-9,11,13-14H2,(H2,24,26,27,29). The first-order valence-corrected chi connectivity index (χ1v) is 10.8. The largest absolute Gasteiger partial charge is 0.452 e. The predicted octanol–water partition coefficient (Wildman–Crippen LogP) is 3.43. The van der Waals surface area contributed by atoms with E-state index in [0.717, 1.165) is 73.5 Å². The van der Waals surface area contributed by atoms with Crippen molar-refractivity contribution in [2.45, 2.75) is 63.8 Å². The number of amides is 3. The number of fused-ring (bicyclic) bond motifs is 2. The number of benzene rings is 1. The van der Waals surface area contributed by atoms with Crippen LogP contribution in [0.5, 0.6) is 0 Å². The zero-order chi connectivity index (χ0) is 20.9. The van der Waals surface area contributed by atoms with Crippen molar-refractivity contribution in [1.82, 2.24) is 15.6 Å². The molecule has 2 aliphatic carbocycles. The highest BCUT2D eigenvalue weighted by Gasteiger charge is 2.24. The molecule has 30 heavy (non-hydrogen) atoms. The second-order valence-corrected chi connectivity index (χ2v) is 8.07. The van der Waals surface area contributed by atoms with Crippen LogP contribution < -0.4 is 10.6 Å². The Bertz CT molecular complexity index is 966. The number of para-hydroxylation sites is 1. The number of aryl methyl sites for hydroxylation is 1. The van der Waals surface area contributed by atoms with E-state index in [2.05, 4.69) is 10.6 Å². The van der Waals surface area contributed by atoms with Crippen molar-refractivity contribution in [3.05, 3.63) is 41.1 Å². The first-order chi connectivity index (χ1) is 14.6. The van der Waals surface area contributed by atoms with Crippen molar-refractivity contribution in [1.29, 1.82) is 0 Å². The Balaban J connectivity index is 1.41. The van der Waals surface area contributed by atoms with Gasteiger partial charge in [-0.15, -0.1) is 0 Å². The number of carbonyl (C=O) groups excluding carboxylic acids is 3. The molecule has 158 valence electrons. The summed E-state index contributed by atoms with van der Waals surface area (Å²) < 4.78 is 5.30. The number of hydrogen-bond acceptors (Lipinski definition) is 5. The smallest absolute Gasteiger partial charge is 0.339 e. The van der Waals surface area contributed by atoms with E-state index in [-0.39, 0.29) is 6.04 Å². The first-order valence-electron chi connectivity index (χ1n) is 10.8. The minimum atomic E-state index is -0.635. The molecule has 7 nitrogen and oxygen atoms in total. The second kappa shape index (κ2) is 9.24. The molecular weight excluding hydrogens is 382 g/mol. The molecule has 2 aliphatic rings. The molecule has 2 N–H and O–H groups in total. The van der Waals surface area contributed by atoms with Crippen LogP contribution in [0.3, 0.4) is 0 Å². The summed E-state index contributed by atoms with van der Waals surface area (Å²) in [4.78, 5) is 41.7. The Hall–Kier alpha value is -2.96. The van der Waals surface area contributed by atoms with Crippen LogP contribution in [0.4, 0.5) is 4.79 Å². The monoisotopic (exact) mass is 409 g/mol. The maximum absolute atomic E-state index is 12.9. The first kappa shape index (κ1) is 20.3. The number of pyridine rings is 1. The molecule has 0 saturated heterocycles. The van der Waals surface area contributed by atoms with Gasteiger partial charge in [0.1, 0.15) is 0 Å². The maximum Gasteiger partial charge on any atom is 0.339 e. The van der Waals surface area contributed by atoms with Crippen molar-refractivity contribution in [2.75, 3.05) is 6.61 Å². The molecule has 0 spiro atoms. The van der Waals surface area contributed by atoms with E-state index in [4.69, 9.17) is 9.72 Å². The van der Waals surface area contributed by atoms with E-state index in [9.17, 15) is 14.4 Å². The van der Waals surface area contributed by atoms with E-state index in [1.807, 2.05) is 24.3 Å². The van der Waals surface area contributed by atoms with E-state index in [1.165, 1.54) is 6.42 Å². The number of rotatable bonds is 4. The van der Waals surface area contributed by atoms with E-state index in [0.29, 0.717) is 5.56 Å². The van der Waals surface area contributed by atoms with Gasteiger partial charge in [0.05, 0.1) is 11.1 Å². The summed E-state index contributed by atoms with van der Waals surface area (Å²) in [6.45, 7) is -0.498. The van der Waals surface area contributed by atoms with Crippen molar-refractivity contribution < 1.29 is 19.1 Å². The molecule has 0 radical (unpaired) electrons. The lowest BCUT2D eigenvalue weighted by atomic mass is 9.90. The fourth-order valence-corrected chi connectivity index (χ4v) is 4.44. The highest BCUT2D eigenvalue weighted by molar-refractivity contribution is 6.06. The highest BCUT2D eigenvalue weighted by atomic mass is 16.5. The summed E-state index contributed by atoms with van der Waals surface area (Å²) in [6, 6.07) is 7.05. The quantitative estimate of drug-likeness (QED) is 0.754. The fraction of sp³-hybridized carbons (Fsp3) is 0.478. The number of hydrogen-bond donors (Lipinski definition) is 2. The molecule has 7 heteroatoms. The van der Waals surface area contributed by atoms with Crippen LogP contribution >= 0.6 is 0 Å². The Morgan fingerprint density at radius 3 is 2.60 bits per heavy atom. The van der Waals surface area contributed by atoms with Crippen LogP contribution in [-0.4, -0.2) is 35.5 Å². The van der Waals surface area contributed by atoms with Gasteiger partial charge >= 0.3 is 12.0 Å². The summed E-state index contributed by atoms with van der Waals surface area (Å²) >= 11 is 0. The van der Waals surface area contributed by atoms with Gasteiger partial charge in [-0.25, -0.2) is 9.59 Å². The molecule has 1 fully saturated rings. The molecule has 1 aromatic carbocycles. The van der Waals surface area contributed by atoms with Crippen molar-refractivity contribution in [3.63, 3.8) is 0 Å². The van der Waals surface area contributed by atoms with Gasteiger partial charge in [0.15, 0.2) is 6.61 Å².